The van der Waals surface area contributed by atoms with Crippen LogP contribution in [0.3, 0.4) is 0 Å². The molecular weight excluding hydrogens is 218 g/mol. The lowest BCUT2D eigenvalue weighted by Gasteiger charge is -2.35. The number of hydrogen-bond acceptors (Lipinski definition) is 3. The van der Waals surface area contributed by atoms with Gasteiger partial charge in [0.1, 0.15) is 0 Å². The van der Waals surface area contributed by atoms with Crippen LogP contribution in [0.25, 0.3) is 0 Å². The van der Waals surface area contributed by atoms with Crippen LogP contribution < -0.4 is 5.32 Å². The van der Waals surface area contributed by atoms with Crippen molar-refractivity contribution in [3.8, 4) is 0 Å². The molecule has 17 heavy (non-hydrogen) atoms. The maximum atomic E-state index is 10.8. The zero-order valence-electron chi connectivity index (χ0n) is 10.3. The van der Waals surface area contributed by atoms with Crippen molar-refractivity contribution in [2.24, 2.45) is 5.92 Å². The van der Waals surface area contributed by atoms with Crippen molar-refractivity contribution in [1.82, 2.24) is 5.32 Å². The molecule has 2 fully saturated rings. The number of aliphatic carboxylic acids is 1. The summed E-state index contributed by atoms with van der Waals surface area (Å²) >= 11 is 0. The predicted octanol–water partition coefficient (Wildman–Crippen LogP) is 1.52. The van der Waals surface area contributed by atoms with Crippen molar-refractivity contribution in [2.45, 2.75) is 69.6 Å². The van der Waals surface area contributed by atoms with Gasteiger partial charge in [0.15, 0.2) is 0 Å². The van der Waals surface area contributed by atoms with E-state index in [0.717, 1.165) is 44.9 Å². The Morgan fingerprint density at radius 1 is 1.00 bits per heavy atom. The van der Waals surface area contributed by atoms with E-state index >= 15 is 0 Å². The Hall–Kier alpha value is -0.610. The lowest BCUT2D eigenvalue weighted by molar-refractivity contribution is -0.142. The van der Waals surface area contributed by atoms with Gasteiger partial charge in [-0.05, 0) is 38.5 Å². The van der Waals surface area contributed by atoms with E-state index in [4.69, 9.17) is 5.11 Å². The second kappa shape index (κ2) is 5.83. The predicted molar refractivity (Wildman–Crippen MR) is 64.8 cm³/mol. The van der Waals surface area contributed by atoms with Crippen LogP contribution in [-0.2, 0) is 4.79 Å². The van der Waals surface area contributed by atoms with Crippen molar-refractivity contribution in [1.29, 1.82) is 0 Å². The van der Waals surface area contributed by atoms with Gasteiger partial charge in [0.25, 0.3) is 0 Å². The summed E-state index contributed by atoms with van der Waals surface area (Å²) in [5.74, 6) is -0.800. The third-order valence-electron chi connectivity index (χ3n) is 4.26. The molecule has 0 bridgehead atoms. The molecule has 2 aliphatic rings. The first-order chi connectivity index (χ1) is 8.16. The number of aliphatic hydroxyl groups is 1. The first kappa shape index (κ1) is 12.8. The molecule has 2 rings (SSSR count). The summed E-state index contributed by atoms with van der Waals surface area (Å²) in [4.78, 5) is 10.8. The highest BCUT2D eigenvalue weighted by Gasteiger charge is 2.29. The molecule has 2 unspecified atom stereocenters. The maximum absolute atomic E-state index is 10.8. The SMILES string of the molecule is O=C(O)C1CCC(NC2CCCCC2O)CC1. The maximum Gasteiger partial charge on any atom is 0.306 e. The molecule has 4 heteroatoms. The van der Waals surface area contributed by atoms with Gasteiger partial charge in [-0.1, -0.05) is 12.8 Å². The fourth-order valence-electron chi connectivity index (χ4n) is 3.12. The summed E-state index contributed by atoms with van der Waals surface area (Å²) in [6.07, 6.45) is 7.49. The van der Waals surface area contributed by atoms with Crippen LogP contribution in [0.15, 0.2) is 0 Å². The van der Waals surface area contributed by atoms with Gasteiger partial charge < -0.3 is 15.5 Å². The van der Waals surface area contributed by atoms with E-state index in [2.05, 4.69) is 5.32 Å². The molecule has 4 nitrogen and oxygen atoms in total. The molecule has 0 spiro atoms. The molecule has 2 aliphatic carbocycles. The molecule has 0 aromatic heterocycles. The van der Waals surface area contributed by atoms with Crippen molar-refractivity contribution in [3.63, 3.8) is 0 Å². The third-order valence-corrected chi connectivity index (χ3v) is 4.26. The van der Waals surface area contributed by atoms with Crippen molar-refractivity contribution in [3.05, 3.63) is 0 Å². The van der Waals surface area contributed by atoms with Crippen LogP contribution in [0.4, 0.5) is 0 Å². The minimum atomic E-state index is -0.652. The van der Waals surface area contributed by atoms with E-state index in [1.54, 1.807) is 0 Å². The number of carboxylic acid groups (broad SMARTS) is 1. The molecule has 0 aromatic rings. The van der Waals surface area contributed by atoms with Crippen molar-refractivity contribution < 1.29 is 15.0 Å². The zero-order chi connectivity index (χ0) is 12.3. The summed E-state index contributed by atoms with van der Waals surface area (Å²) in [6.45, 7) is 0. The molecule has 3 N–H and O–H groups in total. The second-order valence-electron chi connectivity index (χ2n) is 5.51. The van der Waals surface area contributed by atoms with Gasteiger partial charge in [0.2, 0.25) is 0 Å². The number of carbonyl (C=O) groups is 1. The molecule has 0 aromatic carbocycles. The highest BCUT2D eigenvalue weighted by atomic mass is 16.4. The Morgan fingerprint density at radius 2 is 1.65 bits per heavy atom. The average molecular weight is 241 g/mol. The standard InChI is InChI=1S/C13H23NO3/c15-12-4-2-1-3-11(12)14-10-7-5-9(6-8-10)13(16)17/h9-12,14-15H,1-8H2,(H,16,17). The van der Waals surface area contributed by atoms with Crippen LogP contribution in [0.2, 0.25) is 0 Å². The number of aliphatic hydroxyl groups excluding tert-OH is 1. The number of nitrogens with one attached hydrogen (secondary N) is 1. The first-order valence-electron chi connectivity index (χ1n) is 6.83. The minimum Gasteiger partial charge on any atom is -0.481 e. The van der Waals surface area contributed by atoms with Gasteiger partial charge >= 0.3 is 5.97 Å². The van der Waals surface area contributed by atoms with Gasteiger partial charge in [-0.15, -0.1) is 0 Å². The van der Waals surface area contributed by atoms with Gasteiger partial charge in [-0.2, -0.15) is 0 Å². The molecule has 0 radical (unpaired) electrons. The van der Waals surface area contributed by atoms with E-state index < -0.39 is 5.97 Å². The largest absolute Gasteiger partial charge is 0.481 e. The normalized spacial score (nSPS) is 38.9. The van der Waals surface area contributed by atoms with E-state index in [1.807, 2.05) is 0 Å². The fourth-order valence-corrected chi connectivity index (χ4v) is 3.12. The van der Waals surface area contributed by atoms with E-state index in [1.165, 1.54) is 6.42 Å². The lowest BCUT2D eigenvalue weighted by Crippen LogP contribution is -2.48. The lowest BCUT2D eigenvalue weighted by atomic mass is 9.84. The van der Waals surface area contributed by atoms with Crippen LogP contribution in [0, 0.1) is 5.92 Å². The molecule has 0 amide bonds. The zero-order valence-corrected chi connectivity index (χ0v) is 10.3. The molecule has 0 heterocycles. The van der Waals surface area contributed by atoms with Crippen molar-refractivity contribution >= 4 is 5.97 Å². The van der Waals surface area contributed by atoms with Crippen LogP contribution in [0.1, 0.15) is 51.4 Å². The molecule has 2 saturated carbocycles. The molecule has 0 saturated heterocycles. The average Bonchev–Trinajstić information content (AvgIpc) is 2.33. The van der Waals surface area contributed by atoms with Gasteiger partial charge in [-0.3, -0.25) is 4.79 Å². The van der Waals surface area contributed by atoms with Gasteiger partial charge in [-0.25, -0.2) is 0 Å². The quantitative estimate of drug-likeness (QED) is 0.700. The van der Waals surface area contributed by atoms with Crippen LogP contribution in [-0.4, -0.2) is 34.4 Å². The molecule has 2 atom stereocenters. The van der Waals surface area contributed by atoms with Crippen molar-refractivity contribution in [2.75, 3.05) is 0 Å². The Morgan fingerprint density at radius 3 is 2.24 bits per heavy atom. The molecule has 98 valence electrons. The van der Waals surface area contributed by atoms with Gasteiger partial charge in [0.05, 0.1) is 12.0 Å². The fraction of sp³-hybridized carbons (Fsp3) is 0.923. The summed E-state index contributed by atoms with van der Waals surface area (Å²) < 4.78 is 0. The Balaban J connectivity index is 1.75. The monoisotopic (exact) mass is 241 g/mol. The number of hydrogen-bond donors (Lipinski definition) is 3. The first-order valence-corrected chi connectivity index (χ1v) is 6.83. The smallest absolute Gasteiger partial charge is 0.306 e. The molecular formula is C13H23NO3. The topological polar surface area (TPSA) is 69.6 Å². The summed E-state index contributed by atoms with van der Waals surface area (Å²) in [6, 6.07) is 0.637. The second-order valence-corrected chi connectivity index (χ2v) is 5.51. The van der Waals surface area contributed by atoms with Crippen LogP contribution >= 0.6 is 0 Å². The van der Waals surface area contributed by atoms with E-state index in [0.29, 0.717) is 6.04 Å². The Bertz CT molecular complexity index is 261. The van der Waals surface area contributed by atoms with E-state index in [9.17, 15) is 9.90 Å². The Kier molecular flexibility index (Phi) is 4.40. The van der Waals surface area contributed by atoms with E-state index in [-0.39, 0.29) is 18.1 Å². The van der Waals surface area contributed by atoms with Crippen LogP contribution in [0.5, 0.6) is 0 Å². The number of carboxylic acids is 1. The summed E-state index contributed by atoms with van der Waals surface area (Å²) in [5.41, 5.74) is 0. The highest BCUT2D eigenvalue weighted by Crippen LogP contribution is 2.26. The number of rotatable bonds is 3. The third kappa shape index (κ3) is 3.42. The highest BCUT2D eigenvalue weighted by molar-refractivity contribution is 5.70. The summed E-state index contributed by atoms with van der Waals surface area (Å²) in [5, 5.41) is 22.3. The van der Waals surface area contributed by atoms with Gasteiger partial charge in [0, 0.05) is 12.1 Å². The molecule has 0 aliphatic heterocycles. The Labute approximate surface area is 102 Å². The summed E-state index contributed by atoms with van der Waals surface area (Å²) in [7, 11) is 0. The minimum absolute atomic E-state index is 0.149.